The molecule has 5 atom stereocenters. The van der Waals surface area contributed by atoms with Crippen molar-refractivity contribution in [1.82, 2.24) is 10.6 Å². The van der Waals surface area contributed by atoms with Crippen LogP contribution in [0.25, 0.3) is 0 Å². The van der Waals surface area contributed by atoms with Crippen LogP contribution in [-0.2, 0) is 4.79 Å². The minimum atomic E-state index is -1.00. The maximum atomic E-state index is 12.6. The molecule has 2 fully saturated rings. The van der Waals surface area contributed by atoms with E-state index in [1.54, 1.807) is 18.2 Å². The Morgan fingerprint density at radius 3 is 2.46 bits per heavy atom. The molecule has 0 radical (unpaired) electrons. The number of benzene rings is 1. The summed E-state index contributed by atoms with van der Waals surface area (Å²) in [6.07, 6.45) is 0.520. The molecule has 0 spiro atoms. The Morgan fingerprint density at radius 2 is 1.81 bits per heavy atom. The maximum Gasteiger partial charge on any atom is 0.404 e. The van der Waals surface area contributed by atoms with Crippen molar-refractivity contribution in [3.8, 4) is 5.75 Å². The van der Waals surface area contributed by atoms with Crippen molar-refractivity contribution in [2.24, 2.45) is 11.8 Å². The number of hydrogen-bond acceptors (Lipinski definition) is 4. The summed E-state index contributed by atoms with van der Waals surface area (Å²) in [6, 6.07) is 4.76. The van der Waals surface area contributed by atoms with Crippen molar-refractivity contribution in [3.63, 3.8) is 0 Å². The van der Waals surface area contributed by atoms with E-state index in [2.05, 4.69) is 10.6 Å². The van der Waals surface area contributed by atoms with Crippen LogP contribution in [0.1, 0.15) is 36.0 Å². The van der Waals surface area contributed by atoms with Gasteiger partial charge in [-0.25, -0.2) is 4.79 Å². The van der Waals surface area contributed by atoms with E-state index in [-0.39, 0.29) is 42.0 Å². The molecule has 26 heavy (non-hydrogen) atoms. The Bertz CT molecular complexity index is 783. The van der Waals surface area contributed by atoms with Crippen LogP contribution < -0.4 is 15.4 Å². The predicted octanol–water partition coefficient (Wildman–Crippen LogP) is 2.22. The van der Waals surface area contributed by atoms with E-state index >= 15 is 0 Å². The molecule has 2 amide bonds. The molecule has 138 valence electrons. The summed E-state index contributed by atoms with van der Waals surface area (Å²) >= 11 is 5.90. The molecular weight excluding hydrogens is 360 g/mol. The first kappa shape index (κ1) is 17.1. The largest absolute Gasteiger partial charge is 0.479 e. The zero-order valence-corrected chi connectivity index (χ0v) is 14.7. The molecule has 1 heterocycles. The van der Waals surface area contributed by atoms with Gasteiger partial charge in [0.05, 0.1) is 12.0 Å². The van der Waals surface area contributed by atoms with Gasteiger partial charge in [-0.15, -0.1) is 0 Å². The first-order chi connectivity index (χ1) is 12.4. The average Bonchev–Trinajstić information content (AvgIpc) is 3.14. The number of ketones is 1. The highest BCUT2D eigenvalue weighted by molar-refractivity contribution is 6.31. The van der Waals surface area contributed by atoms with Gasteiger partial charge >= 0.3 is 6.09 Å². The van der Waals surface area contributed by atoms with E-state index in [1.165, 1.54) is 0 Å². The van der Waals surface area contributed by atoms with Gasteiger partial charge in [0, 0.05) is 17.1 Å². The topological polar surface area (TPSA) is 105 Å². The van der Waals surface area contributed by atoms with Crippen LogP contribution in [0.2, 0.25) is 5.02 Å². The number of carboxylic acid groups (broad SMARTS) is 1. The molecule has 4 rings (SSSR count). The van der Waals surface area contributed by atoms with E-state index in [0.29, 0.717) is 16.3 Å². The van der Waals surface area contributed by atoms with Crippen molar-refractivity contribution < 1.29 is 24.2 Å². The van der Waals surface area contributed by atoms with E-state index in [4.69, 9.17) is 21.4 Å². The predicted molar refractivity (Wildman–Crippen MR) is 92.5 cm³/mol. The molecule has 2 saturated carbocycles. The highest BCUT2D eigenvalue weighted by Crippen LogP contribution is 2.45. The number of carbonyl (C=O) groups is 3. The highest BCUT2D eigenvalue weighted by atomic mass is 35.5. The van der Waals surface area contributed by atoms with Crippen LogP contribution in [0.3, 0.4) is 0 Å². The van der Waals surface area contributed by atoms with Crippen LogP contribution in [-0.4, -0.2) is 41.1 Å². The molecule has 3 N–H and O–H groups in total. The first-order valence-electron chi connectivity index (χ1n) is 8.70. The number of halogens is 1. The van der Waals surface area contributed by atoms with Crippen LogP contribution in [0, 0.1) is 11.8 Å². The third-order valence-corrected chi connectivity index (χ3v) is 5.90. The molecule has 1 aromatic rings. The summed E-state index contributed by atoms with van der Waals surface area (Å²) in [7, 11) is 0. The molecule has 1 aliphatic heterocycles. The van der Waals surface area contributed by atoms with Crippen LogP contribution in [0.5, 0.6) is 5.75 Å². The van der Waals surface area contributed by atoms with E-state index < -0.39 is 12.2 Å². The first-order valence-corrected chi connectivity index (χ1v) is 9.07. The average molecular weight is 379 g/mol. The fourth-order valence-corrected chi connectivity index (χ4v) is 4.68. The Morgan fingerprint density at radius 1 is 1.12 bits per heavy atom. The van der Waals surface area contributed by atoms with Gasteiger partial charge in [0.2, 0.25) is 0 Å². The van der Waals surface area contributed by atoms with Gasteiger partial charge in [-0.3, -0.25) is 9.59 Å². The second-order valence-electron chi connectivity index (χ2n) is 7.27. The van der Waals surface area contributed by atoms with Gasteiger partial charge in [0.1, 0.15) is 5.75 Å². The minimum Gasteiger partial charge on any atom is -0.479 e. The zero-order valence-electron chi connectivity index (χ0n) is 13.9. The number of fused-ring (bicyclic) bond motifs is 3. The van der Waals surface area contributed by atoms with Gasteiger partial charge in [0.25, 0.3) is 5.91 Å². The smallest absolute Gasteiger partial charge is 0.404 e. The van der Waals surface area contributed by atoms with Gasteiger partial charge < -0.3 is 20.5 Å². The molecule has 0 aromatic heterocycles. The standard InChI is InChI=1S/C18H19ClN2O5/c19-10-1-2-15-11(6-10)14(22)7-16(26-15)17(23)20-12-4-9-3-8(12)5-13(9)21-18(24)25/h1-2,6,8-9,12-13,16,21H,3-5,7H2,(H,20,23)(H,24,25)/t8?,9?,12?,13?,16-/m1/s1. The van der Waals surface area contributed by atoms with E-state index in [1.807, 2.05) is 0 Å². The number of Topliss-reactive ketones (excluding diaryl/α,β-unsaturated/α-hetero) is 1. The quantitative estimate of drug-likeness (QED) is 0.748. The van der Waals surface area contributed by atoms with E-state index in [9.17, 15) is 14.4 Å². The summed E-state index contributed by atoms with van der Waals surface area (Å²) in [5, 5.41) is 14.9. The van der Waals surface area contributed by atoms with Crippen molar-refractivity contribution in [2.75, 3.05) is 0 Å². The molecule has 4 unspecified atom stereocenters. The Hall–Kier alpha value is -2.28. The lowest BCUT2D eigenvalue weighted by molar-refractivity contribution is -0.129. The van der Waals surface area contributed by atoms with Gasteiger partial charge in [-0.2, -0.15) is 0 Å². The van der Waals surface area contributed by atoms with Crippen LogP contribution in [0.4, 0.5) is 4.79 Å². The molecule has 8 heteroatoms. The second kappa shape index (κ2) is 6.46. The lowest BCUT2D eigenvalue weighted by Crippen LogP contribution is -2.50. The summed E-state index contributed by atoms with van der Waals surface area (Å²) in [4.78, 5) is 35.7. The number of amides is 2. The Balaban J connectivity index is 1.38. The van der Waals surface area contributed by atoms with Gasteiger partial charge in [-0.05, 0) is 49.3 Å². The van der Waals surface area contributed by atoms with Crippen molar-refractivity contribution in [3.05, 3.63) is 28.8 Å². The molecule has 1 aromatic carbocycles. The number of ether oxygens (including phenoxy) is 1. The number of carbonyl (C=O) groups excluding carboxylic acids is 2. The van der Waals surface area contributed by atoms with Crippen LogP contribution >= 0.6 is 11.6 Å². The SMILES string of the molecule is O=C(O)NC1CC2CC1CC2NC(=O)[C@H]1CC(=O)c2cc(Cl)ccc2O1. The summed E-state index contributed by atoms with van der Waals surface area (Å²) in [5.74, 6) is 0.431. The van der Waals surface area contributed by atoms with Gasteiger partial charge in [-0.1, -0.05) is 11.6 Å². The van der Waals surface area contributed by atoms with Crippen molar-refractivity contribution >= 4 is 29.4 Å². The summed E-state index contributed by atoms with van der Waals surface area (Å²) in [5.41, 5.74) is 0.407. The maximum absolute atomic E-state index is 12.6. The molecule has 0 saturated heterocycles. The summed E-state index contributed by atoms with van der Waals surface area (Å²) in [6.45, 7) is 0. The molecule has 2 bridgehead atoms. The lowest BCUT2D eigenvalue weighted by atomic mass is 9.91. The molecule has 2 aliphatic carbocycles. The van der Waals surface area contributed by atoms with Crippen molar-refractivity contribution in [1.29, 1.82) is 0 Å². The van der Waals surface area contributed by atoms with Crippen LogP contribution in [0.15, 0.2) is 18.2 Å². The number of rotatable bonds is 3. The second-order valence-corrected chi connectivity index (χ2v) is 7.71. The zero-order chi connectivity index (χ0) is 18.4. The van der Waals surface area contributed by atoms with Crippen molar-refractivity contribution in [2.45, 2.75) is 43.9 Å². The highest BCUT2D eigenvalue weighted by Gasteiger charge is 2.47. The third-order valence-electron chi connectivity index (χ3n) is 5.67. The lowest BCUT2D eigenvalue weighted by Gasteiger charge is -2.30. The van der Waals surface area contributed by atoms with Gasteiger partial charge in [0.15, 0.2) is 11.9 Å². The Labute approximate surface area is 155 Å². The molecule has 7 nitrogen and oxygen atoms in total. The number of nitrogens with one attached hydrogen (secondary N) is 2. The fraction of sp³-hybridized carbons (Fsp3) is 0.500. The normalized spacial score (nSPS) is 31.9. The third kappa shape index (κ3) is 3.11. The summed E-state index contributed by atoms with van der Waals surface area (Å²) < 4.78 is 5.70. The monoisotopic (exact) mass is 378 g/mol. The minimum absolute atomic E-state index is 0.00432. The molecular formula is C18H19ClN2O5. The molecule has 3 aliphatic rings. The Kier molecular flexibility index (Phi) is 4.26. The number of hydrogen-bond donors (Lipinski definition) is 3. The fourth-order valence-electron chi connectivity index (χ4n) is 4.51. The van der Waals surface area contributed by atoms with E-state index in [0.717, 1.165) is 19.3 Å².